The minimum absolute atomic E-state index is 0.277. The summed E-state index contributed by atoms with van der Waals surface area (Å²) in [6.45, 7) is 2.92. The van der Waals surface area contributed by atoms with Crippen LogP contribution in [0.1, 0.15) is 12.5 Å². The van der Waals surface area contributed by atoms with Crippen molar-refractivity contribution in [1.82, 2.24) is 5.32 Å². The number of benzene rings is 3. The molecule has 25 heavy (non-hydrogen) atoms. The molecule has 3 heteroatoms. The Hall–Kier alpha value is -2.36. The molecule has 0 aliphatic rings. The third-order valence-corrected chi connectivity index (χ3v) is 4.27. The van der Waals surface area contributed by atoms with Crippen LogP contribution in [-0.4, -0.2) is 30.4 Å². The number of nitrogens with one attached hydrogen (secondary N) is 1. The molecular weight excluding hydrogens is 310 g/mol. The third-order valence-electron chi connectivity index (χ3n) is 4.27. The highest BCUT2D eigenvalue weighted by Crippen LogP contribution is 2.25. The van der Waals surface area contributed by atoms with E-state index in [1.165, 1.54) is 5.56 Å². The number of fused-ring (bicyclic) bond motifs is 1. The van der Waals surface area contributed by atoms with E-state index in [1.807, 2.05) is 36.4 Å². The lowest BCUT2D eigenvalue weighted by Gasteiger charge is -2.18. The molecule has 0 radical (unpaired) electrons. The van der Waals surface area contributed by atoms with Crippen LogP contribution in [0, 0.1) is 0 Å². The molecule has 130 valence electrons. The van der Waals surface area contributed by atoms with Gasteiger partial charge in [-0.05, 0) is 30.4 Å². The van der Waals surface area contributed by atoms with Gasteiger partial charge in [-0.3, -0.25) is 0 Å². The Morgan fingerprint density at radius 2 is 1.64 bits per heavy atom. The number of ether oxygens (including phenoxy) is 1. The molecular formula is C22H25NO2. The van der Waals surface area contributed by atoms with Crippen LogP contribution in [0.5, 0.6) is 5.75 Å². The Labute approximate surface area is 149 Å². The second-order valence-corrected chi connectivity index (χ2v) is 6.44. The zero-order valence-electron chi connectivity index (χ0n) is 14.6. The molecule has 2 N–H and O–H groups in total. The van der Waals surface area contributed by atoms with Crippen molar-refractivity contribution < 1.29 is 9.84 Å². The second-order valence-electron chi connectivity index (χ2n) is 6.44. The lowest BCUT2D eigenvalue weighted by Crippen LogP contribution is -2.37. The lowest BCUT2D eigenvalue weighted by molar-refractivity contribution is 0.105. The molecule has 0 saturated heterocycles. The summed E-state index contributed by atoms with van der Waals surface area (Å²) in [4.78, 5) is 0. The molecule has 2 unspecified atom stereocenters. The number of rotatable bonds is 8. The van der Waals surface area contributed by atoms with E-state index in [0.717, 1.165) is 22.9 Å². The first kappa shape index (κ1) is 17.5. The number of aliphatic hydroxyl groups excluding tert-OH is 1. The Bertz CT molecular complexity index is 783. The lowest BCUT2D eigenvalue weighted by atomic mass is 10.1. The fourth-order valence-corrected chi connectivity index (χ4v) is 2.94. The van der Waals surface area contributed by atoms with Crippen LogP contribution in [0.15, 0.2) is 72.8 Å². The van der Waals surface area contributed by atoms with Gasteiger partial charge in [-0.15, -0.1) is 0 Å². The summed E-state index contributed by atoms with van der Waals surface area (Å²) in [7, 11) is 0. The van der Waals surface area contributed by atoms with Gasteiger partial charge in [0, 0.05) is 18.0 Å². The van der Waals surface area contributed by atoms with E-state index in [2.05, 4.69) is 48.6 Å². The van der Waals surface area contributed by atoms with E-state index in [0.29, 0.717) is 12.6 Å². The average Bonchev–Trinajstić information content (AvgIpc) is 2.65. The predicted molar refractivity (Wildman–Crippen MR) is 103 cm³/mol. The van der Waals surface area contributed by atoms with Gasteiger partial charge in [0.15, 0.2) is 0 Å². The Morgan fingerprint density at radius 1 is 0.920 bits per heavy atom. The van der Waals surface area contributed by atoms with Gasteiger partial charge in [0.1, 0.15) is 18.5 Å². The van der Waals surface area contributed by atoms with Crippen molar-refractivity contribution in [2.75, 3.05) is 13.2 Å². The first-order valence-electron chi connectivity index (χ1n) is 8.78. The maximum absolute atomic E-state index is 10.2. The van der Waals surface area contributed by atoms with Gasteiger partial charge in [0.05, 0.1) is 0 Å². The molecule has 2 atom stereocenters. The molecule has 3 aromatic carbocycles. The Morgan fingerprint density at radius 3 is 2.48 bits per heavy atom. The predicted octanol–water partition coefficient (Wildman–Crippen LogP) is 3.80. The second kappa shape index (κ2) is 8.65. The van der Waals surface area contributed by atoms with Crippen LogP contribution in [0.4, 0.5) is 0 Å². The first-order chi connectivity index (χ1) is 12.2. The first-order valence-corrected chi connectivity index (χ1v) is 8.78. The van der Waals surface area contributed by atoms with Crippen molar-refractivity contribution >= 4 is 10.8 Å². The molecule has 0 aliphatic carbocycles. The molecule has 0 saturated carbocycles. The molecule has 0 aromatic heterocycles. The summed E-state index contributed by atoms with van der Waals surface area (Å²) >= 11 is 0. The largest absolute Gasteiger partial charge is 0.490 e. The highest BCUT2D eigenvalue weighted by atomic mass is 16.5. The SMILES string of the molecule is CC(Cc1ccccc1)NCC(O)COc1cccc2ccccc12. The topological polar surface area (TPSA) is 41.5 Å². The maximum atomic E-state index is 10.2. The van der Waals surface area contributed by atoms with Crippen LogP contribution in [0.2, 0.25) is 0 Å². The minimum atomic E-state index is -0.544. The van der Waals surface area contributed by atoms with E-state index in [1.54, 1.807) is 0 Å². The number of hydrogen-bond donors (Lipinski definition) is 2. The van der Waals surface area contributed by atoms with Crippen LogP contribution in [-0.2, 0) is 6.42 Å². The summed E-state index contributed by atoms with van der Waals surface area (Å²) in [6, 6.07) is 24.8. The van der Waals surface area contributed by atoms with Gasteiger partial charge >= 0.3 is 0 Å². The molecule has 0 amide bonds. The van der Waals surface area contributed by atoms with E-state index in [9.17, 15) is 5.11 Å². The van der Waals surface area contributed by atoms with Crippen LogP contribution >= 0.6 is 0 Å². The third kappa shape index (κ3) is 5.05. The van der Waals surface area contributed by atoms with Gasteiger partial charge in [-0.25, -0.2) is 0 Å². The van der Waals surface area contributed by atoms with E-state index in [-0.39, 0.29) is 6.61 Å². The highest BCUT2D eigenvalue weighted by molar-refractivity contribution is 5.88. The van der Waals surface area contributed by atoms with Gasteiger partial charge < -0.3 is 15.2 Å². The zero-order valence-corrected chi connectivity index (χ0v) is 14.6. The monoisotopic (exact) mass is 335 g/mol. The Balaban J connectivity index is 1.47. The number of hydrogen-bond acceptors (Lipinski definition) is 3. The normalized spacial score (nSPS) is 13.5. The van der Waals surface area contributed by atoms with Crippen molar-refractivity contribution in [1.29, 1.82) is 0 Å². The molecule has 3 rings (SSSR count). The number of aliphatic hydroxyl groups is 1. The molecule has 0 heterocycles. The van der Waals surface area contributed by atoms with Crippen molar-refractivity contribution in [3.05, 3.63) is 78.4 Å². The van der Waals surface area contributed by atoms with E-state index in [4.69, 9.17) is 4.74 Å². The van der Waals surface area contributed by atoms with Gasteiger partial charge in [0.25, 0.3) is 0 Å². The maximum Gasteiger partial charge on any atom is 0.127 e. The molecule has 0 bridgehead atoms. The Kier molecular flexibility index (Phi) is 6.04. The van der Waals surface area contributed by atoms with Gasteiger partial charge in [-0.1, -0.05) is 66.7 Å². The summed E-state index contributed by atoms with van der Waals surface area (Å²) < 4.78 is 5.84. The van der Waals surface area contributed by atoms with E-state index < -0.39 is 6.10 Å². The fraction of sp³-hybridized carbons (Fsp3) is 0.273. The highest BCUT2D eigenvalue weighted by Gasteiger charge is 2.10. The molecule has 3 nitrogen and oxygen atoms in total. The molecule has 3 aromatic rings. The standard InChI is InChI=1S/C22H25NO2/c1-17(14-18-8-3-2-4-9-18)23-15-20(24)16-25-22-13-7-11-19-10-5-6-12-21(19)22/h2-13,17,20,23-24H,14-16H2,1H3. The summed E-state index contributed by atoms with van der Waals surface area (Å²) in [6.07, 6.45) is 0.398. The summed E-state index contributed by atoms with van der Waals surface area (Å²) in [5.74, 6) is 0.814. The van der Waals surface area contributed by atoms with Gasteiger partial charge in [-0.2, -0.15) is 0 Å². The quantitative estimate of drug-likeness (QED) is 0.658. The molecule has 0 aliphatic heterocycles. The van der Waals surface area contributed by atoms with Crippen LogP contribution in [0.25, 0.3) is 10.8 Å². The smallest absolute Gasteiger partial charge is 0.127 e. The van der Waals surface area contributed by atoms with E-state index >= 15 is 0 Å². The zero-order chi connectivity index (χ0) is 17.5. The van der Waals surface area contributed by atoms with Gasteiger partial charge in [0.2, 0.25) is 0 Å². The average molecular weight is 335 g/mol. The van der Waals surface area contributed by atoms with Crippen LogP contribution < -0.4 is 10.1 Å². The summed E-state index contributed by atoms with van der Waals surface area (Å²) in [5.41, 5.74) is 1.30. The van der Waals surface area contributed by atoms with Crippen molar-refractivity contribution in [2.45, 2.75) is 25.5 Å². The van der Waals surface area contributed by atoms with Crippen molar-refractivity contribution in [3.63, 3.8) is 0 Å². The van der Waals surface area contributed by atoms with Crippen molar-refractivity contribution in [2.24, 2.45) is 0 Å². The molecule has 0 fully saturated rings. The van der Waals surface area contributed by atoms with Crippen molar-refractivity contribution in [3.8, 4) is 5.75 Å². The molecule has 0 spiro atoms. The fourth-order valence-electron chi connectivity index (χ4n) is 2.94. The van der Waals surface area contributed by atoms with Crippen LogP contribution in [0.3, 0.4) is 0 Å². The summed E-state index contributed by atoms with van der Waals surface area (Å²) in [5, 5.41) is 15.8. The minimum Gasteiger partial charge on any atom is -0.490 e.